The second-order valence-corrected chi connectivity index (χ2v) is 5.88. The number of aromatic nitrogens is 3. The van der Waals surface area contributed by atoms with Gasteiger partial charge in [-0.05, 0) is 25.1 Å². The third-order valence-corrected chi connectivity index (χ3v) is 3.98. The number of aryl methyl sites for hydroxylation is 1. The molecule has 3 rings (SSSR count). The minimum atomic E-state index is -4.61. The lowest BCUT2D eigenvalue weighted by molar-refractivity contribution is -0.137. The summed E-state index contributed by atoms with van der Waals surface area (Å²) in [4.78, 5) is 20.4. The maximum atomic E-state index is 13.0. The molecule has 0 atom stereocenters. The summed E-state index contributed by atoms with van der Waals surface area (Å²) in [5.74, 6) is -0.685. The Bertz CT molecular complexity index is 985. The number of carbonyl (C=O) groups is 1. The number of nitrogens with zero attached hydrogens (tertiary/aromatic N) is 3. The fourth-order valence-electron chi connectivity index (χ4n) is 2.31. The Balaban J connectivity index is 2.12. The number of fused-ring (bicyclic) bond motifs is 1. The van der Waals surface area contributed by atoms with Crippen molar-refractivity contribution < 1.29 is 18.0 Å². The Hall–Kier alpha value is -2.32. The summed E-state index contributed by atoms with van der Waals surface area (Å²) in [7, 11) is 0. The number of anilines is 1. The van der Waals surface area contributed by atoms with Crippen LogP contribution in [0.5, 0.6) is 0 Å². The normalized spacial score (nSPS) is 11.8. The molecule has 0 saturated carbocycles. The maximum absolute atomic E-state index is 13.0. The van der Waals surface area contributed by atoms with Gasteiger partial charge in [-0.3, -0.25) is 9.20 Å². The largest absolute Gasteiger partial charge is 0.417 e. The molecule has 1 amide bonds. The number of hydrogen-bond acceptors (Lipinski definition) is 3. The van der Waals surface area contributed by atoms with E-state index in [1.165, 1.54) is 19.2 Å². The first-order chi connectivity index (χ1) is 11.7. The van der Waals surface area contributed by atoms with E-state index in [9.17, 15) is 18.0 Å². The van der Waals surface area contributed by atoms with Gasteiger partial charge in [-0.1, -0.05) is 23.2 Å². The number of alkyl halides is 3. The molecule has 0 fully saturated rings. The lowest BCUT2D eigenvalue weighted by atomic mass is 10.2. The van der Waals surface area contributed by atoms with Gasteiger partial charge in [-0.25, -0.2) is 9.97 Å². The van der Waals surface area contributed by atoms with Crippen LogP contribution in [0.3, 0.4) is 0 Å². The zero-order chi connectivity index (χ0) is 18.4. The van der Waals surface area contributed by atoms with E-state index < -0.39 is 17.6 Å². The first kappa shape index (κ1) is 17.5. The Labute approximate surface area is 149 Å². The van der Waals surface area contributed by atoms with Gasteiger partial charge in [-0.2, -0.15) is 13.2 Å². The molecule has 0 bridgehead atoms. The van der Waals surface area contributed by atoms with Crippen molar-refractivity contribution in [2.45, 2.75) is 13.1 Å². The average Bonchev–Trinajstić information content (AvgIpc) is 2.85. The van der Waals surface area contributed by atoms with Crippen LogP contribution in [0.15, 0.2) is 30.6 Å². The molecule has 3 aromatic rings. The van der Waals surface area contributed by atoms with Crippen LogP contribution in [0.25, 0.3) is 5.65 Å². The fraction of sp³-hybridized carbons (Fsp3) is 0.133. The standard InChI is InChI=1S/C15H9Cl2F3N4O/c1-7-11(14(25)23-10-3-2-4-21-12(10)17)24-6-8(15(18,19)20)5-9(16)13(24)22-7/h2-6H,1H3,(H,23,25). The first-order valence-corrected chi connectivity index (χ1v) is 7.61. The second-order valence-electron chi connectivity index (χ2n) is 5.11. The van der Waals surface area contributed by atoms with Crippen LogP contribution in [0.2, 0.25) is 10.2 Å². The summed E-state index contributed by atoms with van der Waals surface area (Å²) in [5, 5.41) is 2.35. The summed E-state index contributed by atoms with van der Waals surface area (Å²) < 4.78 is 40.1. The summed E-state index contributed by atoms with van der Waals surface area (Å²) in [6.07, 6.45) is -2.40. The predicted octanol–water partition coefficient (Wildman–Crippen LogP) is 4.62. The number of amides is 1. The van der Waals surface area contributed by atoms with Crippen LogP contribution in [0, 0.1) is 6.92 Å². The molecule has 3 heterocycles. The van der Waals surface area contributed by atoms with Crippen molar-refractivity contribution in [3.63, 3.8) is 0 Å². The van der Waals surface area contributed by atoms with Crippen LogP contribution in [-0.2, 0) is 6.18 Å². The Morgan fingerprint density at radius 3 is 2.68 bits per heavy atom. The zero-order valence-electron chi connectivity index (χ0n) is 12.5. The van der Waals surface area contributed by atoms with Crippen molar-refractivity contribution in [1.29, 1.82) is 0 Å². The first-order valence-electron chi connectivity index (χ1n) is 6.85. The predicted molar refractivity (Wildman–Crippen MR) is 87.1 cm³/mol. The van der Waals surface area contributed by atoms with Gasteiger partial charge >= 0.3 is 6.18 Å². The number of hydrogen-bond donors (Lipinski definition) is 1. The maximum Gasteiger partial charge on any atom is 0.417 e. The minimum absolute atomic E-state index is 0.0506. The van der Waals surface area contributed by atoms with E-state index >= 15 is 0 Å². The highest BCUT2D eigenvalue weighted by Gasteiger charge is 2.33. The quantitative estimate of drug-likeness (QED) is 0.651. The SMILES string of the molecule is Cc1nc2c(Cl)cc(C(F)(F)F)cn2c1C(=O)Nc1cccnc1Cl. The summed E-state index contributed by atoms with van der Waals surface area (Å²) in [6.45, 7) is 1.50. The molecule has 0 aliphatic heterocycles. The lowest BCUT2D eigenvalue weighted by Gasteiger charge is -2.10. The smallest absolute Gasteiger partial charge is 0.318 e. The molecule has 0 aliphatic carbocycles. The topological polar surface area (TPSA) is 59.3 Å². The van der Waals surface area contributed by atoms with Crippen LogP contribution < -0.4 is 5.32 Å². The molecule has 0 radical (unpaired) electrons. The van der Waals surface area contributed by atoms with Gasteiger partial charge < -0.3 is 5.32 Å². The third kappa shape index (κ3) is 3.27. The molecule has 1 N–H and O–H groups in total. The third-order valence-electron chi connectivity index (χ3n) is 3.40. The van der Waals surface area contributed by atoms with E-state index in [4.69, 9.17) is 23.2 Å². The summed E-state index contributed by atoms with van der Waals surface area (Å²) in [6, 6.07) is 3.84. The van der Waals surface area contributed by atoms with Gasteiger partial charge in [0.1, 0.15) is 5.69 Å². The van der Waals surface area contributed by atoms with Crippen molar-refractivity contribution >= 4 is 40.4 Å². The van der Waals surface area contributed by atoms with Crippen molar-refractivity contribution in [3.8, 4) is 0 Å². The van der Waals surface area contributed by atoms with Gasteiger partial charge in [0.15, 0.2) is 10.8 Å². The number of halogens is 5. The Morgan fingerprint density at radius 1 is 1.32 bits per heavy atom. The van der Waals surface area contributed by atoms with Crippen LogP contribution in [0.1, 0.15) is 21.7 Å². The molecular weight excluding hydrogens is 380 g/mol. The molecule has 0 spiro atoms. The zero-order valence-corrected chi connectivity index (χ0v) is 14.0. The van der Waals surface area contributed by atoms with Crippen molar-refractivity contribution in [2.24, 2.45) is 0 Å². The van der Waals surface area contributed by atoms with Gasteiger partial charge in [0.05, 0.1) is 22.0 Å². The van der Waals surface area contributed by atoms with Crippen molar-refractivity contribution in [2.75, 3.05) is 5.32 Å². The fourth-order valence-corrected chi connectivity index (χ4v) is 2.72. The molecular formula is C15H9Cl2F3N4O. The number of nitrogens with one attached hydrogen (secondary N) is 1. The highest BCUT2D eigenvalue weighted by atomic mass is 35.5. The van der Waals surface area contributed by atoms with Crippen molar-refractivity contribution in [3.05, 3.63) is 57.7 Å². The van der Waals surface area contributed by atoms with Crippen LogP contribution in [-0.4, -0.2) is 20.3 Å². The molecule has 10 heteroatoms. The average molecular weight is 389 g/mol. The van der Waals surface area contributed by atoms with Gasteiger partial charge in [0, 0.05) is 12.4 Å². The summed E-state index contributed by atoms with van der Waals surface area (Å²) >= 11 is 11.8. The molecule has 3 aromatic heterocycles. The Kier molecular flexibility index (Phi) is 4.34. The number of carbonyl (C=O) groups excluding carboxylic acids is 1. The number of imidazole rings is 1. The molecule has 0 aliphatic rings. The van der Waals surface area contributed by atoms with E-state index in [0.29, 0.717) is 0 Å². The monoisotopic (exact) mass is 388 g/mol. The molecule has 5 nitrogen and oxygen atoms in total. The minimum Gasteiger partial charge on any atom is -0.318 e. The molecule has 0 unspecified atom stereocenters. The second kappa shape index (κ2) is 6.20. The van der Waals surface area contributed by atoms with E-state index in [-0.39, 0.29) is 32.9 Å². The van der Waals surface area contributed by atoms with E-state index in [1.807, 2.05) is 0 Å². The van der Waals surface area contributed by atoms with Gasteiger partial charge in [0.2, 0.25) is 0 Å². The number of rotatable bonds is 2. The van der Waals surface area contributed by atoms with Crippen LogP contribution >= 0.6 is 23.2 Å². The van der Waals surface area contributed by atoms with Crippen LogP contribution in [0.4, 0.5) is 18.9 Å². The number of pyridine rings is 2. The highest BCUT2D eigenvalue weighted by molar-refractivity contribution is 6.34. The molecule has 25 heavy (non-hydrogen) atoms. The molecule has 0 saturated heterocycles. The van der Waals surface area contributed by atoms with Crippen molar-refractivity contribution in [1.82, 2.24) is 14.4 Å². The molecule has 130 valence electrons. The lowest BCUT2D eigenvalue weighted by Crippen LogP contribution is -2.17. The molecule has 0 aromatic carbocycles. The van der Waals surface area contributed by atoms with Gasteiger partial charge in [0.25, 0.3) is 5.91 Å². The highest BCUT2D eigenvalue weighted by Crippen LogP contribution is 2.33. The van der Waals surface area contributed by atoms with Gasteiger partial charge in [-0.15, -0.1) is 0 Å². The summed E-state index contributed by atoms with van der Waals surface area (Å²) in [5.41, 5.74) is -0.575. The van der Waals surface area contributed by atoms with E-state index in [2.05, 4.69) is 15.3 Å². The Morgan fingerprint density at radius 2 is 2.04 bits per heavy atom. The van der Waals surface area contributed by atoms with E-state index in [0.717, 1.165) is 16.7 Å². The van der Waals surface area contributed by atoms with E-state index in [1.54, 1.807) is 6.07 Å².